The molecule has 1 heteroatoms. The first kappa shape index (κ1) is 13.0. The highest BCUT2D eigenvalue weighted by Crippen LogP contribution is 2.27. The van der Waals surface area contributed by atoms with Gasteiger partial charge in [0.2, 0.25) is 0 Å². The Bertz CT molecular complexity index is 369. The van der Waals surface area contributed by atoms with Crippen LogP contribution < -0.4 is 5.73 Å². The van der Waals surface area contributed by atoms with Gasteiger partial charge in [0.1, 0.15) is 0 Å². The van der Waals surface area contributed by atoms with Gasteiger partial charge in [-0.3, -0.25) is 0 Å². The van der Waals surface area contributed by atoms with Gasteiger partial charge in [-0.2, -0.15) is 0 Å². The van der Waals surface area contributed by atoms with Crippen molar-refractivity contribution in [3.63, 3.8) is 0 Å². The molecule has 0 saturated carbocycles. The summed E-state index contributed by atoms with van der Waals surface area (Å²) in [5.41, 5.74) is 11.3. The Kier molecular flexibility index (Phi) is 3.93. The third-order valence-electron chi connectivity index (χ3n) is 3.38. The van der Waals surface area contributed by atoms with Crippen LogP contribution in [0.25, 0.3) is 0 Å². The standard InChI is InChI=1S/C15H23N/c1-6-15(5,10-16)9-14-12(3)7-11(2)8-13(14)4/h6-8H,1,9-10,16H2,2-5H3. The van der Waals surface area contributed by atoms with Crippen LogP contribution in [0.2, 0.25) is 0 Å². The molecular formula is C15H23N. The van der Waals surface area contributed by atoms with Crippen LogP contribution in [-0.2, 0) is 6.42 Å². The van der Waals surface area contributed by atoms with E-state index >= 15 is 0 Å². The molecule has 1 atom stereocenters. The Morgan fingerprint density at radius 1 is 1.25 bits per heavy atom. The highest BCUT2D eigenvalue weighted by molar-refractivity contribution is 5.38. The molecule has 0 bridgehead atoms. The van der Waals surface area contributed by atoms with Crippen molar-refractivity contribution < 1.29 is 0 Å². The predicted octanol–water partition coefficient (Wildman–Crippen LogP) is 3.31. The molecular weight excluding hydrogens is 194 g/mol. The van der Waals surface area contributed by atoms with Crippen LogP contribution in [0.5, 0.6) is 0 Å². The molecule has 0 aliphatic rings. The van der Waals surface area contributed by atoms with Gasteiger partial charge in [0, 0.05) is 12.0 Å². The summed E-state index contributed by atoms with van der Waals surface area (Å²) < 4.78 is 0. The van der Waals surface area contributed by atoms with Crippen molar-refractivity contribution >= 4 is 0 Å². The van der Waals surface area contributed by atoms with Crippen molar-refractivity contribution in [2.75, 3.05) is 6.54 Å². The number of rotatable bonds is 4. The maximum atomic E-state index is 5.82. The molecule has 0 aliphatic carbocycles. The topological polar surface area (TPSA) is 26.0 Å². The monoisotopic (exact) mass is 217 g/mol. The highest BCUT2D eigenvalue weighted by atomic mass is 14.6. The molecule has 0 fully saturated rings. The second kappa shape index (κ2) is 4.84. The maximum absolute atomic E-state index is 5.82. The van der Waals surface area contributed by atoms with Gasteiger partial charge < -0.3 is 5.73 Å². The van der Waals surface area contributed by atoms with E-state index in [0.717, 1.165) is 6.42 Å². The van der Waals surface area contributed by atoms with Gasteiger partial charge in [-0.05, 0) is 43.9 Å². The van der Waals surface area contributed by atoms with E-state index in [-0.39, 0.29) is 5.41 Å². The van der Waals surface area contributed by atoms with E-state index in [2.05, 4.69) is 46.4 Å². The Morgan fingerprint density at radius 3 is 2.12 bits per heavy atom. The average molecular weight is 217 g/mol. The predicted molar refractivity (Wildman–Crippen MR) is 71.7 cm³/mol. The molecule has 1 rings (SSSR count). The number of benzene rings is 1. The molecule has 0 aromatic heterocycles. The molecule has 1 nitrogen and oxygen atoms in total. The minimum atomic E-state index is 0.00474. The molecule has 1 aromatic rings. The van der Waals surface area contributed by atoms with Crippen molar-refractivity contribution in [1.82, 2.24) is 0 Å². The summed E-state index contributed by atoms with van der Waals surface area (Å²) in [5.74, 6) is 0. The smallest absolute Gasteiger partial charge is 0.00146 e. The SMILES string of the molecule is C=CC(C)(CN)Cc1c(C)cc(C)cc1C. The van der Waals surface area contributed by atoms with E-state index < -0.39 is 0 Å². The molecule has 0 heterocycles. The van der Waals surface area contributed by atoms with Gasteiger partial charge in [-0.25, -0.2) is 0 Å². The molecule has 0 aliphatic heterocycles. The largest absolute Gasteiger partial charge is 0.330 e. The summed E-state index contributed by atoms with van der Waals surface area (Å²) in [7, 11) is 0. The molecule has 0 amide bonds. The zero-order valence-electron chi connectivity index (χ0n) is 10.9. The Balaban J connectivity index is 3.10. The van der Waals surface area contributed by atoms with E-state index in [1.165, 1.54) is 22.3 Å². The first-order valence-electron chi connectivity index (χ1n) is 5.82. The van der Waals surface area contributed by atoms with Gasteiger partial charge in [-0.15, -0.1) is 6.58 Å². The van der Waals surface area contributed by atoms with E-state index in [1.54, 1.807) is 0 Å². The van der Waals surface area contributed by atoms with E-state index in [9.17, 15) is 0 Å². The van der Waals surface area contributed by atoms with Gasteiger partial charge in [0.15, 0.2) is 0 Å². The van der Waals surface area contributed by atoms with Gasteiger partial charge in [0.05, 0.1) is 0 Å². The molecule has 2 N–H and O–H groups in total. The zero-order valence-corrected chi connectivity index (χ0v) is 10.9. The molecule has 88 valence electrons. The van der Waals surface area contributed by atoms with Crippen molar-refractivity contribution in [2.24, 2.45) is 11.1 Å². The summed E-state index contributed by atoms with van der Waals surface area (Å²) in [6.07, 6.45) is 2.96. The Labute approximate surface area is 99.4 Å². The Morgan fingerprint density at radius 2 is 1.75 bits per heavy atom. The van der Waals surface area contributed by atoms with Crippen molar-refractivity contribution in [1.29, 1.82) is 0 Å². The summed E-state index contributed by atoms with van der Waals surface area (Å²) in [5, 5.41) is 0. The van der Waals surface area contributed by atoms with Crippen LogP contribution in [-0.4, -0.2) is 6.54 Å². The zero-order chi connectivity index (χ0) is 12.3. The molecule has 0 radical (unpaired) electrons. The summed E-state index contributed by atoms with van der Waals surface area (Å²) in [6, 6.07) is 4.48. The normalized spacial score (nSPS) is 14.6. The number of hydrogen-bond acceptors (Lipinski definition) is 1. The van der Waals surface area contributed by atoms with Crippen molar-refractivity contribution in [3.8, 4) is 0 Å². The average Bonchev–Trinajstić information content (AvgIpc) is 2.23. The molecule has 16 heavy (non-hydrogen) atoms. The lowest BCUT2D eigenvalue weighted by molar-refractivity contribution is 0.437. The third kappa shape index (κ3) is 2.73. The van der Waals surface area contributed by atoms with Crippen LogP contribution in [0, 0.1) is 26.2 Å². The van der Waals surface area contributed by atoms with Crippen LogP contribution in [0.4, 0.5) is 0 Å². The molecule has 0 spiro atoms. The maximum Gasteiger partial charge on any atom is 0.00146 e. The molecule has 0 saturated heterocycles. The second-order valence-corrected chi connectivity index (χ2v) is 5.12. The first-order valence-corrected chi connectivity index (χ1v) is 5.82. The van der Waals surface area contributed by atoms with E-state index in [0.29, 0.717) is 6.54 Å². The quantitative estimate of drug-likeness (QED) is 0.769. The fourth-order valence-electron chi connectivity index (χ4n) is 2.12. The van der Waals surface area contributed by atoms with E-state index in [1.807, 2.05) is 6.08 Å². The van der Waals surface area contributed by atoms with Gasteiger partial charge >= 0.3 is 0 Å². The van der Waals surface area contributed by atoms with Gasteiger partial charge in [0.25, 0.3) is 0 Å². The lowest BCUT2D eigenvalue weighted by Gasteiger charge is -2.26. The lowest BCUT2D eigenvalue weighted by atomic mass is 9.81. The minimum Gasteiger partial charge on any atom is -0.330 e. The fraction of sp³-hybridized carbons (Fsp3) is 0.467. The summed E-state index contributed by atoms with van der Waals surface area (Å²) in [6.45, 7) is 13.2. The molecule has 1 unspecified atom stereocenters. The second-order valence-electron chi connectivity index (χ2n) is 5.12. The van der Waals surface area contributed by atoms with Crippen LogP contribution in [0.3, 0.4) is 0 Å². The number of nitrogens with two attached hydrogens (primary N) is 1. The number of hydrogen-bond donors (Lipinski definition) is 1. The molecule has 1 aromatic carbocycles. The minimum absolute atomic E-state index is 0.00474. The van der Waals surface area contributed by atoms with Crippen LogP contribution in [0.15, 0.2) is 24.8 Å². The summed E-state index contributed by atoms with van der Waals surface area (Å²) in [4.78, 5) is 0. The van der Waals surface area contributed by atoms with Crippen molar-refractivity contribution in [3.05, 3.63) is 47.0 Å². The fourth-order valence-corrected chi connectivity index (χ4v) is 2.12. The highest BCUT2D eigenvalue weighted by Gasteiger charge is 2.20. The third-order valence-corrected chi connectivity index (χ3v) is 3.38. The number of aryl methyl sites for hydroxylation is 3. The van der Waals surface area contributed by atoms with Gasteiger partial charge in [-0.1, -0.05) is 30.7 Å². The van der Waals surface area contributed by atoms with Crippen LogP contribution >= 0.6 is 0 Å². The lowest BCUT2D eigenvalue weighted by Crippen LogP contribution is -2.27. The van der Waals surface area contributed by atoms with E-state index in [4.69, 9.17) is 5.73 Å². The van der Waals surface area contributed by atoms with Crippen molar-refractivity contribution in [2.45, 2.75) is 34.1 Å². The summed E-state index contributed by atoms with van der Waals surface area (Å²) >= 11 is 0. The Hall–Kier alpha value is -1.08. The van der Waals surface area contributed by atoms with Crippen LogP contribution in [0.1, 0.15) is 29.2 Å². The first-order chi connectivity index (χ1) is 7.41.